The van der Waals surface area contributed by atoms with Crippen LogP contribution in [0.5, 0.6) is 5.75 Å². The molecule has 2 aromatic carbocycles. The van der Waals surface area contributed by atoms with E-state index < -0.39 is 0 Å². The van der Waals surface area contributed by atoms with E-state index in [0.717, 1.165) is 11.3 Å². The molecule has 0 aliphatic heterocycles. The largest absolute Gasteiger partial charge is 0.484 e. The van der Waals surface area contributed by atoms with Crippen molar-refractivity contribution in [2.75, 3.05) is 0 Å². The summed E-state index contributed by atoms with van der Waals surface area (Å²) in [7, 11) is 0. The summed E-state index contributed by atoms with van der Waals surface area (Å²) in [5, 5.41) is 0.680. The van der Waals surface area contributed by atoms with Crippen molar-refractivity contribution in [3.05, 3.63) is 64.2 Å². The lowest BCUT2D eigenvalue weighted by molar-refractivity contribution is 0.180. The molecule has 0 spiro atoms. The van der Waals surface area contributed by atoms with Gasteiger partial charge in [0.05, 0.1) is 0 Å². The van der Waals surface area contributed by atoms with Crippen molar-refractivity contribution in [3.8, 4) is 5.75 Å². The number of benzene rings is 2. The van der Waals surface area contributed by atoms with Gasteiger partial charge < -0.3 is 10.5 Å². The van der Waals surface area contributed by atoms with Crippen LogP contribution in [-0.4, -0.2) is 6.04 Å². The summed E-state index contributed by atoms with van der Waals surface area (Å²) in [6, 6.07) is 13.6. The van der Waals surface area contributed by atoms with Gasteiger partial charge in [0, 0.05) is 16.6 Å². The molecule has 2 unspecified atom stereocenters. The third kappa shape index (κ3) is 3.53. The highest BCUT2D eigenvalue weighted by Crippen LogP contribution is 2.30. The summed E-state index contributed by atoms with van der Waals surface area (Å²) in [6.07, 6.45) is -0.259. The molecule has 0 fully saturated rings. The van der Waals surface area contributed by atoms with E-state index in [1.54, 1.807) is 0 Å². The smallest absolute Gasteiger partial charge is 0.140 e. The lowest BCUT2D eigenvalue weighted by atomic mass is 10.0. The molecule has 2 N–H and O–H groups in total. The number of hydrogen-bond acceptors (Lipinski definition) is 2. The van der Waals surface area contributed by atoms with Crippen LogP contribution in [-0.2, 0) is 0 Å². The van der Waals surface area contributed by atoms with E-state index in [1.165, 1.54) is 11.1 Å². The van der Waals surface area contributed by atoms with Gasteiger partial charge in [-0.15, -0.1) is 0 Å². The molecule has 2 rings (SSSR count). The average Bonchev–Trinajstić information content (AvgIpc) is 2.35. The predicted molar refractivity (Wildman–Crippen MR) is 84.4 cm³/mol. The SMILES string of the molecule is Cc1cc(C)cc(OC(c2ccccc2Cl)C(C)N)c1. The molecule has 0 saturated heterocycles. The predicted octanol–water partition coefficient (Wildman–Crippen LogP) is 4.42. The maximum absolute atomic E-state index is 6.26. The first-order chi connectivity index (χ1) is 9.47. The van der Waals surface area contributed by atoms with Crippen LogP contribution < -0.4 is 10.5 Å². The highest BCUT2D eigenvalue weighted by atomic mass is 35.5. The molecule has 0 radical (unpaired) electrons. The van der Waals surface area contributed by atoms with Gasteiger partial charge in [-0.25, -0.2) is 0 Å². The van der Waals surface area contributed by atoms with Crippen LogP contribution in [0.25, 0.3) is 0 Å². The van der Waals surface area contributed by atoms with Gasteiger partial charge in [0.25, 0.3) is 0 Å². The first-order valence-corrected chi connectivity index (χ1v) is 7.10. The molecule has 0 aliphatic carbocycles. The minimum absolute atomic E-state index is 0.157. The molecule has 0 aromatic heterocycles. The van der Waals surface area contributed by atoms with Crippen LogP contribution in [0, 0.1) is 13.8 Å². The van der Waals surface area contributed by atoms with Gasteiger partial charge in [-0.2, -0.15) is 0 Å². The van der Waals surface area contributed by atoms with Crippen molar-refractivity contribution in [2.45, 2.75) is 32.9 Å². The maximum atomic E-state index is 6.26. The number of ether oxygens (including phenoxy) is 1. The van der Waals surface area contributed by atoms with Crippen LogP contribution in [0.15, 0.2) is 42.5 Å². The summed E-state index contributed by atoms with van der Waals surface area (Å²) >= 11 is 6.26. The van der Waals surface area contributed by atoms with Gasteiger partial charge in [-0.3, -0.25) is 0 Å². The second-order valence-electron chi connectivity index (χ2n) is 5.24. The first kappa shape index (κ1) is 14.9. The molecule has 0 saturated carbocycles. The molecule has 0 amide bonds. The summed E-state index contributed by atoms with van der Waals surface area (Å²) in [5.41, 5.74) is 9.34. The number of aryl methyl sites for hydroxylation is 2. The third-order valence-electron chi connectivity index (χ3n) is 3.15. The fourth-order valence-corrected chi connectivity index (χ4v) is 2.55. The molecular weight excluding hydrogens is 270 g/mol. The van der Waals surface area contributed by atoms with Gasteiger partial charge in [-0.05, 0) is 50.1 Å². The van der Waals surface area contributed by atoms with E-state index in [-0.39, 0.29) is 12.1 Å². The normalized spacial score (nSPS) is 13.8. The van der Waals surface area contributed by atoms with Gasteiger partial charge in [0.15, 0.2) is 0 Å². The van der Waals surface area contributed by atoms with E-state index in [0.29, 0.717) is 5.02 Å². The molecule has 2 aromatic rings. The van der Waals surface area contributed by atoms with Crippen LogP contribution in [0.1, 0.15) is 29.7 Å². The zero-order valence-corrected chi connectivity index (χ0v) is 12.8. The quantitative estimate of drug-likeness (QED) is 0.904. The topological polar surface area (TPSA) is 35.2 Å². The molecule has 106 valence electrons. The zero-order chi connectivity index (χ0) is 14.7. The molecular formula is C17H20ClNO. The van der Waals surface area contributed by atoms with E-state index >= 15 is 0 Å². The molecule has 0 aliphatic rings. The van der Waals surface area contributed by atoms with E-state index in [4.69, 9.17) is 22.1 Å². The van der Waals surface area contributed by atoms with Gasteiger partial charge >= 0.3 is 0 Å². The Bertz CT molecular complexity index is 575. The highest BCUT2D eigenvalue weighted by molar-refractivity contribution is 6.31. The third-order valence-corrected chi connectivity index (χ3v) is 3.49. The van der Waals surface area contributed by atoms with Crippen molar-refractivity contribution >= 4 is 11.6 Å². The second kappa shape index (κ2) is 6.29. The van der Waals surface area contributed by atoms with Crippen molar-refractivity contribution in [1.29, 1.82) is 0 Å². The molecule has 3 heteroatoms. The number of nitrogens with two attached hydrogens (primary N) is 1. The minimum atomic E-state index is -0.259. The Kier molecular flexibility index (Phi) is 4.69. The van der Waals surface area contributed by atoms with Crippen LogP contribution in [0.4, 0.5) is 0 Å². The van der Waals surface area contributed by atoms with Crippen LogP contribution >= 0.6 is 11.6 Å². The lowest BCUT2D eigenvalue weighted by Crippen LogP contribution is -2.29. The average molecular weight is 290 g/mol. The molecule has 20 heavy (non-hydrogen) atoms. The van der Waals surface area contributed by atoms with Gasteiger partial charge in [0.2, 0.25) is 0 Å². The fraction of sp³-hybridized carbons (Fsp3) is 0.294. The minimum Gasteiger partial charge on any atom is -0.484 e. The fourth-order valence-electron chi connectivity index (χ4n) is 2.31. The Morgan fingerprint density at radius 1 is 1.05 bits per heavy atom. The van der Waals surface area contributed by atoms with E-state index in [2.05, 4.69) is 19.9 Å². The molecule has 0 heterocycles. The monoisotopic (exact) mass is 289 g/mol. The van der Waals surface area contributed by atoms with Crippen LogP contribution in [0.3, 0.4) is 0 Å². The first-order valence-electron chi connectivity index (χ1n) is 6.72. The number of hydrogen-bond donors (Lipinski definition) is 1. The molecule has 0 bridgehead atoms. The van der Waals surface area contributed by atoms with E-state index in [1.807, 2.05) is 43.3 Å². The van der Waals surface area contributed by atoms with Crippen LogP contribution in [0.2, 0.25) is 5.02 Å². The summed E-state index contributed by atoms with van der Waals surface area (Å²) in [5.74, 6) is 0.824. The Hall–Kier alpha value is -1.51. The standard InChI is InChI=1S/C17H20ClNO/c1-11-8-12(2)10-14(9-11)20-17(13(3)19)15-6-4-5-7-16(15)18/h4-10,13,17H,19H2,1-3H3. The second-order valence-corrected chi connectivity index (χ2v) is 5.65. The Morgan fingerprint density at radius 2 is 1.65 bits per heavy atom. The molecule has 2 atom stereocenters. The number of rotatable bonds is 4. The van der Waals surface area contributed by atoms with Crippen molar-refractivity contribution in [2.24, 2.45) is 5.73 Å². The van der Waals surface area contributed by atoms with Crippen molar-refractivity contribution in [1.82, 2.24) is 0 Å². The summed E-state index contributed by atoms with van der Waals surface area (Å²) < 4.78 is 6.10. The van der Waals surface area contributed by atoms with Crippen molar-refractivity contribution < 1.29 is 4.74 Å². The molecule has 2 nitrogen and oxygen atoms in total. The zero-order valence-electron chi connectivity index (χ0n) is 12.1. The lowest BCUT2D eigenvalue weighted by Gasteiger charge is -2.24. The van der Waals surface area contributed by atoms with E-state index in [9.17, 15) is 0 Å². The van der Waals surface area contributed by atoms with Crippen molar-refractivity contribution in [3.63, 3.8) is 0 Å². The Morgan fingerprint density at radius 3 is 2.20 bits per heavy atom. The van der Waals surface area contributed by atoms with Gasteiger partial charge in [0.1, 0.15) is 11.9 Å². The highest BCUT2D eigenvalue weighted by Gasteiger charge is 2.20. The summed E-state index contributed by atoms with van der Waals surface area (Å²) in [6.45, 7) is 6.03. The Balaban J connectivity index is 2.33. The summed E-state index contributed by atoms with van der Waals surface area (Å²) in [4.78, 5) is 0. The Labute approximate surface area is 125 Å². The van der Waals surface area contributed by atoms with Gasteiger partial charge in [-0.1, -0.05) is 35.9 Å². The maximum Gasteiger partial charge on any atom is 0.140 e. The number of halogens is 1.